The first kappa shape index (κ1) is 30.9. The highest BCUT2D eigenvalue weighted by molar-refractivity contribution is 5.77. The van der Waals surface area contributed by atoms with Gasteiger partial charge in [-0.3, -0.25) is 4.79 Å². The number of unbranched alkanes of at least 4 members (excludes halogenated alkanes) is 3. The molecular weight excluding hydrogens is 510 g/mol. The second-order valence-electron chi connectivity index (χ2n) is 11.0. The summed E-state index contributed by atoms with van der Waals surface area (Å²) in [6.45, 7) is 8.93. The lowest BCUT2D eigenvalue weighted by atomic mass is 9.84. The molecule has 2 amide bonds. The normalized spacial score (nSPS) is 11.5. The molecular formula is C30H43N5O5. The first-order valence-corrected chi connectivity index (χ1v) is 14.1. The van der Waals surface area contributed by atoms with Crippen LogP contribution in [0.1, 0.15) is 70.9 Å². The summed E-state index contributed by atoms with van der Waals surface area (Å²) in [6, 6.07) is 11.2. The van der Waals surface area contributed by atoms with Crippen LogP contribution in [-0.2, 0) is 21.4 Å². The summed E-state index contributed by atoms with van der Waals surface area (Å²) in [7, 11) is 0. The van der Waals surface area contributed by atoms with Crippen molar-refractivity contribution in [3.05, 3.63) is 47.5 Å². The van der Waals surface area contributed by atoms with E-state index in [4.69, 9.17) is 4.74 Å². The molecule has 0 aliphatic rings. The number of alkyl carbamates (subject to hydrolysis) is 1. The Bertz CT molecular complexity index is 1230. The third kappa shape index (κ3) is 8.67. The topological polar surface area (TPSA) is 130 Å². The molecule has 2 aromatic carbocycles. The van der Waals surface area contributed by atoms with E-state index in [0.717, 1.165) is 36.8 Å². The lowest BCUT2D eigenvalue weighted by molar-refractivity contribution is -0.132. The molecule has 0 aliphatic carbocycles. The van der Waals surface area contributed by atoms with Crippen LogP contribution in [0.3, 0.4) is 0 Å². The molecule has 40 heavy (non-hydrogen) atoms. The zero-order valence-electron chi connectivity index (χ0n) is 24.2. The lowest BCUT2D eigenvalue weighted by Crippen LogP contribution is -2.37. The van der Waals surface area contributed by atoms with Crippen LogP contribution in [0.4, 0.5) is 4.79 Å². The van der Waals surface area contributed by atoms with Crippen LogP contribution in [-0.4, -0.2) is 75.0 Å². The fourth-order valence-electron chi connectivity index (χ4n) is 4.45. The number of aliphatic hydroxyl groups is 1. The van der Waals surface area contributed by atoms with Crippen molar-refractivity contribution in [1.29, 1.82) is 0 Å². The second-order valence-corrected chi connectivity index (χ2v) is 11.0. The number of aliphatic hydroxyl groups excluding tert-OH is 1. The highest BCUT2D eigenvalue weighted by atomic mass is 16.5. The van der Waals surface area contributed by atoms with Gasteiger partial charge >= 0.3 is 6.09 Å². The van der Waals surface area contributed by atoms with Gasteiger partial charge in [0, 0.05) is 25.1 Å². The minimum atomic E-state index is -0.501. The molecule has 3 N–H and O–H groups in total. The Balaban J connectivity index is 1.66. The van der Waals surface area contributed by atoms with E-state index >= 15 is 0 Å². The molecule has 0 bridgehead atoms. The predicted molar refractivity (Wildman–Crippen MR) is 155 cm³/mol. The number of nitrogens with zero attached hydrogens (tertiary/aromatic N) is 4. The minimum absolute atomic E-state index is 0.0442. The van der Waals surface area contributed by atoms with Gasteiger partial charge in [0.25, 0.3) is 0 Å². The van der Waals surface area contributed by atoms with Crippen LogP contribution in [0.15, 0.2) is 36.4 Å². The van der Waals surface area contributed by atoms with Gasteiger partial charge in [-0.1, -0.05) is 65.2 Å². The first-order valence-electron chi connectivity index (χ1n) is 14.1. The Morgan fingerprint density at radius 1 is 1.05 bits per heavy atom. The molecule has 1 aromatic heterocycles. The van der Waals surface area contributed by atoms with Gasteiger partial charge in [-0.25, -0.2) is 4.79 Å². The van der Waals surface area contributed by atoms with Crippen LogP contribution in [0.5, 0.6) is 5.75 Å². The molecule has 0 fully saturated rings. The average molecular weight is 554 g/mol. The van der Waals surface area contributed by atoms with Crippen LogP contribution >= 0.6 is 0 Å². The van der Waals surface area contributed by atoms with E-state index < -0.39 is 6.09 Å². The van der Waals surface area contributed by atoms with Gasteiger partial charge in [-0.15, -0.1) is 15.0 Å². The van der Waals surface area contributed by atoms with Gasteiger partial charge in [0.2, 0.25) is 5.91 Å². The molecule has 0 atom stereocenters. The molecule has 0 saturated heterocycles. The number of carbonyl (C=O) groups excluding carboxylic acids is 2. The molecule has 3 rings (SSSR count). The fourth-order valence-corrected chi connectivity index (χ4v) is 4.45. The summed E-state index contributed by atoms with van der Waals surface area (Å²) in [6.07, 6.45) is 4.33. The van der Waals surface area contributed by atoms with E-state index in [2.05, 4.69) is 22.4 Å². The van der Waals surface area contributed by atoms with Crippen molar-refractivity contribution in [2.24, 2.45) is 0 Å². The van der Waals surface area contributed by atoms with Gasteiger partial charge in [-0.05, 0) is 42.0 Å². The SMILES string of the molecule is CCCCCCNC(=O)OCCN(CCO)C(=O)CCc1cc(-n2nc3ccccc3n2)c(O)c(C(C)(C)C)c1. The minimum Gasteiger partial charge on any atom is -0.505 e. The number of amides is 2. The smallest absolute Gasteiger partial charge is 0.407 e. The summed E-state index contributed by atoms with van der Waals surface area (Å²) >= 11 is 0. The summed E-state index contributed by atoms with van der Waals surface area (Å²) in [5.41, 5.74) is 3.11. The number of hydrogen-bond donors (Lipinski definition) is 3. The number of aryl methyl sites for hydroxylation is 1. The molecule has 3 aromatic rings. The fraction of sp³-hybridized carbons (Fsp3) is 0.533. The van der Waals surface area contributed by atoms with Gasteiger partial charge in [0.15, 0.2) is 0 Å². The molecule has 0 spiro atoms. The zero-order chi connectivity index (χ0) is 29.1. The van der Waals surface area contributed by atoms with Crippen LogP contribution in [0, 0.1) is 0 Å². The molecule has 218 valence electrons. The van der Waals surface area contributed by atoms with Crippen molar-refractivity contribution >= 4 is 23.0 Å². The van der Waals surface area contributed by atoms with Crippen molar-refractivity contribution in [3.8, 4) is 11.4 Å². The van der Waals surface area contributed by atoms with Crippen LogP contribution in [0.2, 0.25) is 0 Å². The van der Waals surface area contributed by atoms with Crippen molar-refractivity contribution < 1.29 is 24.5 Å². The summed E-state index contributed by atoms with van der Waals surface area (Å²) in [5.74, 6) is -0.0573. The Morgan fingerprint density at radius 3 is 2.38 bits per heavy atom. The number of aromatic nitrogens is 3. The molecule has 0 aliphatic heterocycles. The molecule has 10 nitrogen and oxygen atoms in total. The number of rotatable bonds is 14. The summed E-state index contributed by atoms with van der Waals surface area (Å²) in [5, 5.41) is 32.4. The predicted octanol–water partition coefficient (Wildman–Crippen LogP) is 4.48. The largest absolute Gasteiger partial charge is 0.505 e. The Labute approximate surface area is 236 Å². The van der Waals surface area contributed by atoms with E-state index in [1.165, 1.54) is 9.70 Å². The Morgan fingerprint density at radius 2 is 1.75 bits per heavy atom. The van der Waals surface area contributed by atoms with E-state index in [0.29, 0.717) is 29.7 Å². The Kier molecular flexibility index (Phi) is 11.3. The number of carbonyl (C=O) groups is 2. The van der Waals surface area contributed by atoms with Crippen molar-refractivity contribution in [3.63, 3.8) is 0 Å². The van der Waals surface area contributed by atoms with Crippen LogP contribution in [0.25, 0.3) is 16.7 Å². The summed E-state index contributed by atoms with van der Waals surface area (Å²) in [4.78, 5) is 27.9. The molecule has 10 heteroatoms. The van der Waals surface area contributed by atoms with Crippen molar-refractivity contribution in [1.82, 2.24) is 25.2 Å². The first-order chi connectivity index (χ1) is 19.1. The second kappa shape index (κ2) is 14.6. The van der Waals surface area contributed by atoms with Gasteiger partial charge in [-0.2, -0.15) is 0 Å². The molecule has 0 saturated carbocycles. The number of benzene rings is 2. The van der Waals surface area contributed by atoms with Crippen LogP contribution < -0.4 is 5.32 Å². The zero-order valence-corrected chi connectivity index (χ0v) is 24.2. The quantitative estimate of drug-likeness (QED) is 0.251. The van der Waals surface area contributed by atoms with Gasteiger partial charge in [0.05, 0.1) is 13.2 Å². The van der Waals surface area contributed by atoms with Crippen molar-refractivity contribution in [2.75, 3.05) is 32.8 Å². The standard InChI is InChI=1S/C30H43N5O5/c1-5-6-7-10-15-31-29(39)40-19-17-34(16-18-36)27(37)14-13-22-20-23(30(2,3)4)28(38)26(21-22)35-32-24-11-8-9-12-25(24)33-35/h8-9,11-12,20-21,36,38H,5-7,10,13-19H2,1-4H3,(H,31,39). The molecule has 1 heterocycles. The third-order valence-corrected chi connectivity index (χ3v) is 6.70. The number of aromatic hydroxyl groups is 1. The number of nitrogens with one attached hydrogen (secondary N) is 1. The lowest BCUT2D eigenvalue weighted by Gasteiger charge is -2.24. The number of ether oxygens (including phenoxy) is 1. The maximum atomic E-state index is 13.1. The van der Waals surface area contributed by atoms with E-state index in [1.54, 1.807) is 6.07 Å². The van der Waals surface area contributed by atoms with E-state index in [9.17, 15) is 19.8 Å². The monoisotopic (exact) mass is 553 g/mol. The van der Waals surface area contributed by atoms with Gasteiger partial charge in [0.1, 0.15) is 29.1 Å². The number of phenolic OH excluding ortho intramolecular Hbond substituents is 1. The number of hydrogen-bond acceptors (Lipinski definition) is 7. The molecule has 0 radical (unpaired) electrons. The Hall–Kier alpha value is -3.66. The van der Waals surface area contributed by atoms with Crippen molar-refractivity contribution in [2.45, 2.75) is 71.6 Å². The van der Waals surface area contributed by atoms with E-state index in [1.807, 2.05) is 51.1 Å². The number of fused-ring (bicyclic) bond motifs is 1. The maximum absolute atomic E-state index is 13.1. The third-order valence-electron chi connectivity index (χ3n) is 6.70. The van der Waals surface area contributed by atoms with E-state index in [-0.39, 0.29) is 49.8 Å². The van der Waals surface area contributed by atoms with Gasteiger partial charge < -0.3 is 25.2 Å². The highest BCUT2D eigenvalue weighted by Gasteiger charge is 2.24. The maximum Gasteiger partial charge on any atom is 0.407 e. The molecule has 0 unspecified atom stereocenters. The number of phenols is 1. The average Bonchev–Trinajstić information content (AvgIpc) is 3.35. The summed E-state index contributed by atoms with van der Waals surface area (Å²) < 4.78 is 5.22. The highest BCUT2D eigenvalue weighted by Crippen LogP contribution is 2.36.